The number of rotatable bonds is 0. The summed E-state index contributed by atoms with van der Waals surface area (Å²) in [5.74, 6) is 0. The Kier molecular flexibility index (Phi) is 1.55. The van der Waals surface area contributed by atoms with Crippen LogP contribution in [0.4, 0.5) is 0 Å². The lowest BCUT2D eigenvalue weighted by Gasteiger charge is -1.98. The molecule has 0 amide bonds. The first-order chi connectivity index (χ1) is 7.42. The summed E-state index contributed by atoms with van der Waals surface area (Å²) in [5.41, 5.74) is 0. The second-order valence-corrected chi connectivity index (χ2v) is 6.66. The molecule has 0 unspecified atom stereocenters. The fourth-order valence-electron chi connectivity index (χ4n) is 1.72. The van der Waals surface area contributed by atoms with E-state index in [2.05, 4.69) is 36.4 Å². The predicted octanol–water partition coefficient (Wildman–Crippen LogP) is 5.33. The zero-order chi connectivity index (χ0) is 9.83. The minimum absolute atomic E-state index is 1.39. The third-order valence-electron chi connectivity index (χ3n) is 2.49. The van der Waals surface area contributed by atoms with Crippen LogP contribution >= 0.6 is 34.0 Å². The third kappa shape index (κ3) is 1.17. The van der Waals surface area contributed by atoms with Crippen LogP contribution in [0.5, 0.6) is 0 Å². The van der Waals surface area contributed by atoms with Crippen molar-refractivity contribution in [1.29, 1.82) is 0 Å². The standard InChI is InChI=1S/C12H6S3/c1-2-4-8-7(3-1)13-9-5-6-10-12(15-10)11(9)14-8/h1-6H. The summed E-state index contributed by atoms with van der Waals surface area (Å²) in [4.78, 5) is 0. The summed E-state index contributed by atoms with van der Waals surface area (Å²) in [6.07, 6.45) is 0. The molecule has 3 heteroatoms. The Morgan fingerprint density at radius 1 is 0.533 bits per heavy atom. The molecular formula is C12H6S3. The fourth-order valence-corrected chi connectivity index (χ4v) is 5.06. The van der Waals surface area contributed by atoms with Gasteiger partial charge in [-0.3, -0.25) is 0 Å². The van der Waals surface area contributed by atoms with Gasteiger partial charge < -0.3 is 0 Å². The smallest absolute Gasteiger partial charge is 0.0635 e. The zero-order valence-electron chi connectivity index (χ0n) is 7.69. The maximum atomic E-state index is 2.25. The van der Waals surface area contributed by atoms with Crippen LogP contribution in [0.2, 0.25) is 0 Å². The molecule has 0 saturated heterocycles. The molecule has 0 fully saturated rings. The third-order valence-corrected chi connectivity index (χ3v) is 6.20. The van der Waals surface area contributed by atoms with Crippen molar-refractivity contribution in [2.24, 2.45) is 0 Å². The van der Waals surface area contributed by atoms with Gasteiger partial charge in [-0.25, -0.2) is 0 Å². The van der Waals surface area contributed by atoms with E-state index in [1.54, 1.807) is 0 Å². The largest absolute Gasteiger partial charge is 0.133 e. The van der Waals surface area contributed by atoms with Gasteiger partial charge >= 0.3 is 0 Å². The molecule has 0 aliphatic heterocycles. The first-order valence-electron chi connectivity index (χ1n) is 4.71. The molecule has 0 aliphatic rings. The minimum Gasteiger partial charge on any atom is -0.133 e. The monoisotopic (exact) mass is 246 g/mol. The van der Waals surface area contributed by atoms with Crippen LogP contribution in [0.25, 0.3) is 28.2 Å². The van der Waals surface area contributed by atoms with Crippen molar-refractivity contribution in [2.45, 2.75) is 0 Å². The van der Waals surface area contributed by atoms with Crippen molar-refractivity contribution in [1.82, 2.24) is 0 Å². The summed E-state index contributed by atoms with van der Waals surface area (Å²) in [6.45, 7) is 0. The van der Waals surface area contributed by atoms with Crippen LogP contribution in [-0.2, 0) is 0 Å². The van der Waals surface area contributed by atoms with Crippen molar-refractivity contribution in [3.05, 3.63) is 36.4 Å². The van der Waals surface area contributed by atoms with E-state index in [0.717, 1.165) is 0 Å². The molecule has 4 aromatic rings. The van der Waals surface area contributed by atoms with E-state index >= 15 is 0 Å². The van der Waals surface area contributed by atoms with Crippen molar-refractivity contribution >= 4 is 62.2 Å². The summed E-state index contributed by atoms with van der Waals surface area (Å²) in [5, 5.41) is 0. The molecule has 2 aromatic heterocycles. The zero-order valence-corrected chi connectivity index (χ0v) is 10.1. The van der Waals surface area contributed by atoms with Gasteiger partial charge in [0.1, 0.15) is 0 Å². The Balaban J connectivity index is 2.29. The van der Waals surface area contributed by atoms with Crippen molar-refractivity contribution < 1.29 is 0 Å². The average molecular weight is 246 g/mol. The summed E-state index contributed by atoms with van der Waals surface area (Å²) in [7, 11) is 0. The van der Waals surface area contributed by atoms with E-state index in [0.29, 0.717) is 0 Å². The Morgan fingerprint density at radius 3 is 1.80 bits per heavy atom. The Hall–Kier alpha value is -0.900. The highest BCUT2D eigenvalue weighted by Crippen LogP contribution is 2.44. The second kappa shape index (κ2) is 2.82. The molecule has 0 aliphatic carbocycles. The topological polar surface area (TPSA) is 0 Å². The van der Waals surface area contributed by atoms with Gasteiger partial charge in [-0.1, -0.05) is 12.1 Å². The molecule has 0 radical (unpaired) electrons. The lowest BCUT2D eigenvalue weighted by Crippen LogP contribution is -1.66. The average Bonchev–Trinajstić information content (AvgIpc) is 3.06. The highest BCUT2D eigenvalue weighted by atomic mass is 32.1. The van der Waals surface area contributed by atoms with E-state index in [-0.39, 0.29) is 0 Å². The molecular weight excluding hydrogens is 240 g/mol. The van der Waals surface area contributed by atoms with Gasteiger partial charge in [0.2, 0.25) is 0 Å². The molecule has 4 rings (SSSR count). The van der Waals surface area contributed by atoms with Gasteiger partial charge in [0.25, 0.3) is 0 Å². The van der Waals surface area contributed by atoms with Crippen LogP contribution < -0.4 is 0 Å². The number of benzene rings is 2. The minimum atomic E-state index is 1.39. The van der Waals surface area contributed by atoms with E-state index in [4.69, 9.17) is 0 Å². The van der Waals surface area contributed by atoms with Gasteiger partial charge in [-0.05, 0) is 24.3 Å². The number of hydrogen-bond donors (Lipinski definition) is 0. The second-order valence-electron chi connectivity index (χ2n) is 3.47. The first kappa shape index (κ1) is 8.28. The molecule has 2 aromatic carbocycles. The van der Waals surface area contributed by atoms with E-state index < -0.39 is 0 Å². The molecule has 15 heavy (non-hydrogen) atoms. The molecule has 0 nitrogen and oxygen atoms in total. The SMILES string of the molecule is c1ccc2sc3c(ccc4sc43)sc2c1. The maximum Gasteiger partial charge on any atom is 0.0635 e. The van der Waals surface area contributed by atoms with Gasteiger partial charge in [-0.2, -0.15) is 0 Å². The Morgan fingerprint density at radius 2 is 1.07 bits per heavy atom. The molecule has 0 N–H and O–H groups in total. The molecule has 72 valence electrons. The summed E-state index contributed by atoms with van der Waals surface area (Å²) >= 11 is 5.73. The van der Waals surface area contributed by atoms with Gasteiger partial charge in [-0.15, -0.1) is 34.0 Å². The number of fused-ring (bicyclic) bond motifs is 4. The fraction of sp³-hybridized carbons (Fsp3) is 0. The van der Waals surface area contributed by atoms with Gasteiger partial charge in [0.05, 0.1) is 9.40 Å². The number of hydrogen-bond acceptors (Lipinski definition) is 3. The normalized spacial score (nSPS) is 12.0. The Bertz CT molecular complexity index is 770. The Labute approximate surface area is 98.4 Å². The van der Waals surface area contributed by atoms with Gasteiger partial charge in [0, 0.05) is 18.8 Å². The van der Waals surface area contributed by atoms with Crippen molar-refractivity contribution in [2.75, 3.05) is 0 Å². The molecule has 0 atom stereocenters. The summed E-state index contributed by atoms with van der Waals surface area (Å²) in [6, 6.07) is 13.1. The van der Waals surface area contributed by atoms with Crippen molar-refractivity contribution in [3.8, 4) is 0 Å². The van der Waals surface area contributed by atoms with E-state index in [9.17, 15) is 0 Å². The van der Waals surface area contributed by atoms with E-state index in [1.165, 1.54) is 28.2 Å². The molecule has 2 heterocycles. The first-order valence-corrected chi connectivity index (χ1v) is 7.16. The quantitative estimate of drug-likeness (QED) is 0.368. The van der Waals surface area contributed by atoms with Crippen LogP contribution in [0.15, 0.2) is 36.4 Å². The van der Waals surface area contributed by atoms with Crippen molar-refractivity contribution in [3.63, 3.8) is 0 Å². The lowest BCUT2D eigenvalue weighted by atomic mass is 10.4. The highest BCUT2D eigenvalue weighted by molar-refractivity contribution is 7.43. The van der Waals surface area contributed by atoms with E-state index in [1.807, 2.05) is 34.0 Å². The summed E-state index contributed by atoms with van der Waals surface area (Å²) < 4.78 is 8.64. The maximum absolute atomic E-state index is 2.25. The van der Waals surface area contributed by atoms with Crippen LogP contribution in [0.1, 0.15) is 0 Å². The highest BCUT2D eigenvalue weighted by Gasteiger charge is 2.10. The lowest BCUT2D eigenvalue weighted by molar-refractivity contribution is 1.88. The predicted molar refractivity (Wildman–Crippen MR) is 72.6 cm³/mol. The molecule has 0 saturated carbocycles. The molecule has 0 spiro atoms. The van der Waals surface area contributed by atoms with Crippen LogP contribution in [-0.4, -0.2) is 0 Å². The van der Waals surface area contributed by atoms with Crippen LogP contribution in [0.3, 0.4) is 0 Å². The molecule has 0 bridgehead atoms. The van der Waals surface area contributed by atoms with Gasteiger partial charge in [0.15, 0.2) is 0 Å². The van der Waals surface area contributed by atoms with Crippen LogP contribution in [0, 0.1) is 0 Å².